The lowest BCUT2D eigenvalue weighted by molar-refractivity contribution is -0.131. The maximum Gasteiger partial charge on any atom is 0.317 e. The minimum atomic E-state index is -0.954. The van der Waals surface area contributed by atoms with Crippen molar-refractivity contribution in [2.24, 2.45) is 11.8 Å². The number of ether oxygens (including phenoxy) is 1. The summed E-state index contributed by atoms with van der Waals surface area (Å²) in [5.74, 6) is -0.330. The third-order valence-corrected chi connectivity index (χ3v) is 6.97. The fourth-order valence-corrected chi connectivity index (χ4v) is 4.88. The molecule has 172 valence electrons. The molecule has 1 aliphatic carbocycles. The fraction of sp³-hybridized carbons (Fsp3) is 0.818. The highest BCUT2D eigenvalue weighted by Crippen LogP contribution is 2.31. The zero-order valence-electron chi connectivity index (χ0n) is 18.5. The van der Waals surface area contributed by atoms with Crippen LogP contribution in [0.5, 0.6) is 0 Å². The van der Waals surface area contributed by atoms with Crippen molar-refractivity contribution in [2.45, 2.75) is 57.4 Å². The van der Waals surface area contributed by atoms with E-state index >= 15 is 0 Å². The molecule has 3 aliphatic rings. The number of nitrogens with zero attached hydrogens (tertiary/aromatic N) is 3. The number of urea groups is 1. The molecule has 2 aliphatic heterocycles. The summed E-state index contributed by atoms with van der Waals surface area (Å²) < 4.78 is 5.30. The summed E-state index contributed by atoms with van der Waals surface area (Å²) in [4.78, 5) is 41.0. The molecule has 2 heterocycles. The summed E-state index contributed by atoms with van der Waals surface area (Å²) in [6, 6.07) is 2.14. The summed E-state index contributed by atoms with van der Waals surface area (Å²) in [6.07, 6.45) is 6.12. The van der Waals surface area contributed by atoms with Gasteiger partial charge in [0, 0.05) is 52.5 Å². The third kappa shape index (κ3) is 6.10. The fourth-order valence-electron chi connectivity index (χ4n) is 4.88. The highest BCUT2D eigenvalue weighted by atomic mass is 16.5. The van der Waals surface area contributed by atoms with Gasteiger partial charge in [-0.1, -0.05) is 19.3 Å². The van der Waals surface area contributed by atoms with Crippen LogP contribution in [0.4, 0.5) is 4.79 Å². The number of carbonyl (C=O) groups is 3. The van der Waals surface area contributed by atoms with Gasteiger partial charge in [0.25, 0.3) is 0 Å². The van der Waals surface area contributed by atoms with Gasteiger partial charge in [-0.3, -0.25) is 9.59 Å². The minimum Gasteiger partial charge on any atom is -0.378 e. The number of hydrogen-bond acceptors (Lipinski definition) is 5. The average molecular weight is 434 g/mol. The first-order valence-corrected chi connectivity index (χ1v) is 11.5. The van der Waals surface area contributed by atoms with Crippen LogP contribution in [0.25, 0.3) is 0 Å². The van der Waals surface area contributed by atoms with E-state index in [2.05, 4.69) is 16.7 Å². The summed E-state index contributed by atoms with van der Waals surface area (Å²) in [5, 5.41) is 15.8. The number of hydrogen-bond donors (Lipinski definition) is 2. The molecule has 0 bridgehead atoms. The maximum absolute atomic E-state index is 13.4. The molecule has 4 amide bonds. The van der Waals surface area contributed by atoms with Gasteiger partial charge in [-0.2, -0.15) is 5.26 Å². The number of likely N-dealkylation sites (tertiary alicyclic amines) is 1. The van der Waals surface area contributed by atoms with E-state index < -0.39 is 5.54 Å². The summed E-state index contributed by atoms with van der Waals surface area (Å²) in [6.45, 7) is 4.88. The van der Waals surface area contributed by atoms with Crippen LogP contribution < -0.4 is 10.6 Å². The van der Waals surface area contributed by atoms with E-state index in [0.29, 0.717) is 52.2 Å². The average Bonchev–Trinajstić information content (AvgIpc) is 2.80. The molecule has 31 heavy (non-hydrogen) atoms. The van der Waals surface area contributed by atoms with E-state index in [4.69, 9.17) is 4.74 Å². The zero-order valence-corrected chi connectivity index (χ0v) is 18.5. The smallest absolute Gasteiger partial charge is 0.317 e. The Bertz CT molecular complexity index is 687. The van der Waals surface area contributed by atoms with E-state index in [-0.39, 0.29) is 36.2 Å². The summed E-state index contributed by atoms with van der Waals surface area (Å²) in [5.41, 5.74) is -0.954. The third-order valence-electron chi connectivity index (χ3n) is 6.97. The van der Waals surface area contributed by atoms with E-state index in [1.165, 1.54) is 13.3 Å². The molecule has 0 aromatic heterocycles. The molecule has 1 saturated carbocycles. The number of morpholine rings is 1. The van der Waals surface area contributed by atoms with Crippen molar-refractivity contribution in [1.82, 2.24) is 20.4 Å². The van der Waals surface area contributed by atoms with Gasteiger partial charge in [0.2, 0.25) is 11.8 Å². The van der Waals surface area contributed by atoms with Crippen LogP contribution in [0.3, 0.4) is 0 Å². The number of nitrogens with one attached hydrogen (secondary N) is 2. The van der Waals surface area contributed by atoms with E-state index in [9.17, 15) is 19.6 Å². The summed E-state index contributed by atoms with van der Waals surface area (Å²) in [7, 11) is 0. The number of rotatable bonds is 5. The minimum absolute atomic E-state index is 0.0104. The molecule has 2 N–H and O–H groups in total. The molecule has 1 atom stereocenters. The van der Waals surface area contributed by atoms with Crippen molar-refractivity contribution in [3.63, 3.8) is 0 Å². The van der Waals surface area contributed by atoms with Gasteiger partial charge in [-0.05, 0) is 18.8 Å². The van der Waals surface area contributed by atoms with Gasteiger partial charge in [0.15, 0.2) is 0 Å². The number of nitriles is 1. The second-order valence-electron chi connectivity index (χ2n) is 8.98. The molecule has 2 saturated heterocycles. The van der Waals surface area contributed by atoms with E-state index in [0.717, 1.165) is 25.7 Å². The Labute approximate surface area is 184 Å². The quantitative estimate of drug-likeness (QED) is 0.677. The van der Waals surface area contributed by atoms with Crippen LogP contribution in [-0.4, -0.2) is 79.1 Å². The van der Waals surface area contributed by atoms with E-state index in [1.807, 2.05) is 0 Å². The monoisotopic (exact) mass is 433 g/mol. The topological polar surface area (TPSA) is 115 Å². The Morgan fingerprint density at radius 2 is 1.71 bits per heavy atom. The first-order chi connectivity index (χ1) is 14.9. The standard InChI is InChI=1S/C22H35N5O4/c1-17(28)26-9-7-22(16-23,8-10-26)25-20(29)19(18-5-3-2-4-6-18)15-24-21(30)27-11-13-31-14-12-27/h18-19H,2-15H2,1H3,(H,24,30)(H,25,29). The molecule has 0 aromatic carbocycles. The van der Waals surface area contributed by atoms with Crippen LogP contribution in [0.2, 0.25) is 0 Å². The number of piperidine rings is 1. The van der Waals surface area contributed by atoms with Crippen molar-refractivity contribution < 1.29 is 19.1 Å². The first kappa shape index (κ1) is 23.3. The Balaban J connectivity index is 1.63. The number of carbonyl (C=O) groups excluding carboxylic acids is 3. The highest BCUT2D eigenvalue weighted by Gasteiger charge is 2.40. The van der Waals surface area contributed by atoms with Gasteiger partial charge in [-0.25, -0.2) is 4.79 Å². The lowest BCUT2D eigenvalue weighted by Crippen LogP contribution is -2.58. The maximum atomic E-state index is 13.4. The Kier molecular flexibility index (Phi) is 8.13. The largest absolute Gasteiger partial charge is 0.378 e. The molecule has 0 aromatic rings. The van der Waals surface area contributed by atoms with Gasteiger partial charge in [-0.15, -0.1) is 0 Å². The second-order valence-corrected chi connectivity index (χ2v) is 8.98. The van der Waals surface area contributed by atoms with Gasteiger partial charge in [0.05, 0.1) is 25.2 Å². The van der Waals surface area contributed by atoms with Crippen LogP contribution in [0.1, 0.15) is 51.9 Å². The normalized spacial score (nSPS) is 22.8. The van der Waals surface area contributed by atoms with Crippen LogP contribution >= 0.6 is 0 Å². The van der Waals surface area contributed by atoms with Gasteiger partial charge < -0.3 is 25.2 Å². The molecular formula is C22H35N5O4. The predicted octanol–water partition coefficient (Wildman–Crippen LogP) is 1.25. The molecule has 3 fully saturated rings. The molecule has 9 nitrogen and oxygen atoms in total. The van der Waals surface area contributed by atoms with Crippen molar-refractivity contribution in [1.29, 1.82) is 5.26 Å². The SMILES string of the molecule is CC(=O)N1CCC(C#N)(NC(=O)C(CNC(=O)N2CCOCC2)C2CCCCC2)CC1. The molecule has 0 radical (unpaired) electrons. The van der Waals surface area contributed by atoms with Crippen LogP contribution in [0.15, 0.2) is 0 Å². The molecule has 3 rings (SSSR count). The summed E-state index contributed by atoms with van der Waals surface area (Å²) >= 11 is 0. The molecule has 1 unspecified atom stereocenters. The lowest BCUT2D eigenvalue weighted by atomic mass is 9.78. The Hall–Kier alpha value is -2.34. The zero-order chi connectivity index (χ0) is 22.3. The highest BCUT2D eigenvalue weighted by molar-refractivity contribution is 5.82. The lowest BCUT2D eigenvalue weighted by Gasteiger charge is -2.39. The van der Waals surface area contributed by atoms with Gasteiger partial charge >= 0.3 is 6.03 Å². The first-order valence-electron chi connectivity index (χ1n) is 11.5. The Morgan fingerprint density at radius 1 is 1.06 bits per heavy atom. The molecule has 9 heteroatoms. The number of amides is 4. The van der Waals surface area contributed by atoms with Crippen LogP contribution in [-0.2, 0) is 14.3 Å². The van der Waals surface area contributed by atoms with E-state index in [1.54, 1.807) is 9.80 Å². The van der Waals surface area contributed by atoms with Gasteiger partial charge in [0.1, 0.15) is 5.54 Å². The Morgan fingerprint density at radius 3 is 2.29 bits per heavy atom. The van der Waals surface area contributed by atoms with Crippen LogP contribution in [0, 0.1) is 23.2 Å². The predicted molar refractivity (Wildman–Crippen MR) is 114 cm³/mol. The second kappa shape index (κ2) is 10.8. The molecule has 0 spiro atoms. The molecular weight excluding hydrogens is 398 g/mol. The van der Waals surface area contributed by atoms with Crippen molar-refractivity contribution in [2.75, 3.05) is 45.9 Å². The van der Waals surface area contributed by atoms with Crippen molar-refractivity contribution in [3.8, 4) is 6.07 Å². The van der Waals surface area contributed by atoms with Crippen molar-refractivity contribution in [3.05, 3.63) is 0 Å². The van der Waals surface area contributed by atoms with Crippen molar-refractivity contribution >= 4 is 17.8 Å².